The predicted octanol–water partition coefficient (Wildman–Crippen LogP) is 3.59. The van der Waals surface area contributed by atoms with Crippen molar-refractivity contribution in [3.05, 3.63) is 70.8 Å². The molecule has 0 fully saturated rings. The van der Waals surface area contributed by atoms with E-state index in [1.54, 1.807) is 26.4 Å². The number of nitrogens with zero attached hydrogens (tertiary/aromatic N) is 5. The molecule has 152 valence electrons. The zero-order valence-corrected chi connectivity index (χ0v) is 17.3. The number of anilines is 3. The second kappa shape index (κ2) is 7.73. The Labute approximate surface area is 176 Å². The number of aromatic nitrogens is 3. The minimum Gasteiger partial charge on any atom is -0.386 e. The van der Waals surface area contributed by atoms with E-state index in [0.29, 0.717) is 17.9 Å². The van der Waals surface area contributed by atoms with Gasteiger partial charge in [0.1, 0.15) is 18.0 Å². The number of aliphatic hydroxyl groups is 1. The number of aryl methyl sites for hydroxylation is 1. The number of nitrogens with one attached hydrogen (secondary N) is 1. The molecule has 3 heterocycles. The fraction of sp³-hybridized carbons (Fsp3) is 0.304. The lowest BCUT2D eigenvalue weighted by Crippen LogP contribution is -2.31. The van der Waals surface area contributed by atoms with Crippen molar-refractivity contribution in [2.45, 2.75) is 39.3 Å². The molecule has 30 heavy (non-hydrogen) atoms. The van der Waals surface area contributed by atoms with Crippen molar-refractivity contribution in [1.29, 1.82) is 5.26 Å². The van der Waals surface area contributed by atoms with Crippen LogP contribution in [-0.4, -0.2) is 26.6 Å². The lowest BCUT2D eigenvalue weighted by Gasteiger charge is -2.31. The van der Waals surface area contributed by atoms with Gasteiger partial charge in [0, 0.05) is 29.6 Å². The van der Waals surface area contributed by atoms with Gasteiger partial charge >= 0.3 is 0 Å². The van der Waals surface area contributed by atoms with Gasteiger partial charge in [0.05, 0.1) is 29.5 Å². The SMILES string of the molecule is Cc1cc(N2CCc3c(ncnc3Nc3ccc(C(C)(C)O)cn3)C2)ccc1C#N. The fourth-order valence-electron chi connectivity index (χ4n) is 3.60. The number of fused-ring (bicyclic) bond motifs is 1. The molecule has 7 heteroatoms. The van der Waals surface area contributed by atoms with E-state index in [1.807, 2.05) is 31.2 Å². The Hall–Kier alpha value is -3.50. The summed E-state index contributed by atoms with van der Waals surface area (Å²) in [7, 11) is 0. The molecule has 0 atom stereocenters. The van der Waals surface area contributed by atoms with Crippen LogP contribution in [0.25, 0.3) is 0 Å². The number of nitriles is 1. The minimum atomic E-state index is -0.924. The third kappa shape index (κ3) is 3.95. The van der Waals surface area contributed by atoms with Crippen LogP contribution in [0.5, 0.6) is 0 Å². The Bertz CT molecular complexity index is 1110. The average molecular weight is 400 g/mol. The zero-order valence-electron chi connectivity index (χ0n) is 17.3. The summed E-state index contributed by atoms with van der Waals surface area (Å²) < 4.78 is 0. The van der Waals surface area contributed by atoms with Crippen LogP contribution in [0.1, 0.15) is 41.8 Å². The van der Waals surface area contributed by atoms with E-state index < -0.39 is 5.60 Å². The minimum absolute atomic E-state index is 0.675. The summed E-state index contributed by atoms with van der Waals surface area (Å²) in [5.41, 5.74) is 4.67. The first-order valence-electron chi connectivity index (χ1n) is 9.89. The maximum absolute atomic E-state index is 10.1. The van der Waals surface area contributed by atoms with Crippen molar-refractivity contribution in [1.82, 2.24) is 15.0 Å². The van der Waals surface area contributed by atoms with Crippen LogP contribution in [0.3, 0.4) is 0 Å². The van der Waals surface area contributed by atoms with Crippen molar-refractivity contribution < 1.29 is 5.11 Å². The first-order valence-corrected chi connectivity index (χ1v) is 9.89. The van der Waals surface area contributed by atoms with E-state index in [1.165, 1.54) is 0 Å². The summed E-state index contributed by atoms with van der Waals surface area (Å²) in [5.74, 6) is 1.44. The van der Waals surface area contributed by atoms with Gasteiger partial charge in [-0.2, -0.15) is 5.26 Å². The fourth-order valence-corrected chi connectivity index (χ4v) is 3.60. The highest BCUT2D eigenvalue weighted by Gasteiger charge is 2.22. The first kappa shape index (κ1) is 19.8. The molecule has 0 bridgehead atoms. The van der Waals surface area contributed by atoms with Crippen LogP contribution in [0, 0.1) is 18.3 Å². The van der Waals surface area contributed by atoms with E-state index >= 15 is 0 Å². The highest BCUT2D eigenvalue weighted by atomic mass is 16.3. The maximum Gasteiger partial charge on any atom is 0.138 e. The molecular formula is C23H24N6O. The molecule has 0 unspecified atom stereocenters. The van der Waals surface area contributed by atoms with E-state index in [-0.39, 0.29) is 0 Å². The Morgan fingerprint density at radius 1 is 1.17 bits per heavy atom. The average Bonchev–Trinajstić information content (AvgIpc) is 2.73. The second-order valence-corrected chi connectivity index (χ2v) is 8.05. The lowest BCUT2D eigenvalue weighted by atomic mass is 10.0. The standard InChI is InChI=1S/C23H24N6O/c1-15-10-18(6-4-16(15)11-24)29-9-8-19-20(13-29)26-14-27-22(19)28-21-7-5-17(12-25-21)23(2,3)30/h4-7,10,12,14,30H,8-9,13H2,1-3H3,(H,25,26,27,28). The van der Waals surface area contributed by atoms with Crippen LogP contribution < -0.4 is 10.2 Å². The molecule has 2 aromatic heterocycles. The Morgan fingerprint density at radius 3 is 2.67 bits per heavy atom. The first-order chi connectivity index (χ1) is 14.3. The van der Waals surface area contributed by atoms with Crippen molar-refractivity contribution in [2.75, 3.05) is 16.8 Å². The maximum atomic E-state index is 10.1. The Balaban J connectivity index is 1.54. The van der Waals surface area contributed by atoms with E-state index in [0.717, 1.165) is 46.9 Å². The molecule has 0 aliphatic carbocycles. The predicted molar refractivity (Wildman–Crippen MR) is 115 cm³/mol. The number of hydrogen-bond acceptors (Lipinski definition) is 7. The monoisotopic (exact) mass is 400 g/mol. The number of benzene rings is 1. The molecule has 1 aromatic carbocycles. The normalized spacial score (nSPS) is 13.5. The van der Waals surface area contributed by atoms with Gasteiger partial charge < -0.3 is 15.3 Å². The quantitative estimate of drug-likeness (QED) is 0.691. The topological polar surface area (TPSA) is 98.0 Å². The van der Waals surface area contributed by atoms with Crippen molar-refractivity contribution in [3.63, 3.8) is 0 Å². The zero-order chi connectivity index (χ0) is 21.3. The Kier molecular flexibility index (Phi) is 5.10. The number of pyridine rings is 1. The molecule has 0 saturated heterocycles. The molecule has 2 N–H and O–H groups in total. The summed E-state index contributed by atoms with van der Waals surface area (Å²) in [6.45, 7) is 6.95. The van der Waals surface area contributed by atoms with Crippen LogP contribution in [0.15, 0.2) is 42.9 Å². The van der Waals surface area contributed by atoms with Gasteiger partial charge in [0.2, 0.25) is 0 Å². The van der Waals surface area contributed by atoms with Crippen LogP contribution in [0.4, 0.5) is 17.3 Å². The highest BCUT2D eigenvalue weighted by Crippen LogP contribution is 2.29. The summed E-state index contributed by atoms with van der Waals surface area (Å²) in [5, 5.41) is 22.5. The molecule has 0 radical (unpaired) electrons. The molecule has 0 amide bonds. The van der Waals surface area contributed by atoms with E-state index in [9.17, 15) is 5.11 Å². The number of rotatable bonds is 4. The molecule has 1 aliphatic heterocycles. The third-order valence-electron chi connectivity index (χ3n) is 5.42. The molecule has 0 spiro atoms. The van der Waals surface area contributed by atoms with Crippen LogP contribution >= 0.6 is 0 Å². The van der Waals surface area contributed by atoms with Gasteiger partial charge in [-0.05, 0) is 57.0 Å². The van der Waals surface area contributed by atoms with Gasteiger partial charge in [-0.25, -0.2) is 15.0 Å². The molecular weight excluding hydrogens is 376 g/mol. The highest BCUT2D eigenvalue weighted by molar-refractivity contribution is 5.60. The van der Waals surface area contributed by atoms with Gasteiger partial charge in [0.15, 0.2) is 0 Å². The summed E-state index contributed by atoms with van der Waals surface area (Å²) >= 11 is 0. The van der Waals surface area contributed by atoms with Gasteiger partial charge in [-0.1, -0.05) is 6.07 Å². The largest absolute Gasteiger partial charge is 0.386 e. The Morgan fingerprint density at radius 2 is 2.00 bits per heavy atom. The molecule has 4 rings (SSSR count). The van der Waals surface area contributed by atoms with E-state index in [4.69, 9.17) is 5.26 Å². The second-order valence-electron chi connectivity index (χ2n) is 8.05. The van der Waals surface area contributed by atoms with Crippen molar-refractivity contribution in [2.24, 2.45) is 0 Å². The summed E-state index contributed by atoms with van der Waals surface area (Å²) in [6.07, 6.45) is 4.05. The van der Waals surface area contributed by atoms with Crippen molar-refractivity contribution in [3.8, 4) is 6.07 Å². The van der Waals surface area contributed by atoms with Gasteiger partial charge in [-0.3, -0.25) is 0 Å². The molecule has 3 aromatic rings. The summed E-state index contributed by atoms with van der Waals surface area (Å²) in [4.78, 5) is 15.6. The number of hydrogen-bond donors (Lipinski definition) is 2. The van der Waals surface area contributed by atoms with Crippen molar-refractivity contribution >= 4 is 17.3 Å². The summed E-state index contributed by atoms with van der Waals surface area (Å²) in [6, 6.07) is 11.8. The molecule has 1 aliphatic rings. The van der Waals surface area contributed by atoms with Crippen LogP contribution in [-0.2, 0) is 18.6 Å². The van der Waals surface area contributed by atoms with Gasteiger partial charge in [0.25, 0.3) is 0 Å². The van der Waals surface area contributed by atoms with E-state index in [2.05, 4.69) is 37.3 Å². The van der Waals surface area contributed by atoms with Crippen LogP contribution in [0.2, 0.25) is 0 Å². The molecule has 7 nitrogen and oxygen atoms in total. The van der Waals surface area contributed by atoms with Gasteiger partial charge in [-0.15, -0.1) is 0 Å². The smallest absolute Gasteiger partial charge is 0.138 e. The lowest BCUT2D eigenvalue weighted by molar-refractivity contribution is 0.0782. The molecule has 0 saturated carbocycles. The third-order valence-corrected chi connectivity index (χ3v) is 5.42.